The van der Waals surface area contributed by atoms with Crippen molar-refractivity contribution in [2.75, 3.05) is 11.1 Å². The Morgan fingerprint density at radius 3 is 2.86 bits per heavy atom. The number of nitrogens with two attached hydrogens (primary N) is 1. The molecule has 3 N–H and O–H groups in total. The molecular weight excluding hydrogens is 280 g/mol. The van der Waals surface area contributed by atoms with E-state index in [1.54, 1.807) is 17.5 Å². The summed E-state index contributed by atoms with van der Waals surface area (Å²) < 4.78 is 0. The summed E-state index contributed by atoms with van der Waals surface area (Å²) in [4.78, 5) is 10.0. The number of hydrogen-bond acceptors (Lipinski definition) is 5. The Balaban J connectivity index is 1.92. The molecule has 21 heavy (non-hydrogen) atoms. The van der Waals surface area contributed by atoms with Crippen LogP contribution in [-0.4, -0.2) is 9.97 Å². The first-order valence-electron chi connectivity index (χ1n) is 7.02. The van der Waals surface area contributed by atoms with Crippen LogP contribution < -0.4 is 11.1 Å². The predicted octanol–water partition coefficient (Wildman–Crippen LogP) is 4.01. The smallest absolute Gasteiger partial charge is 0.115 e. The van der Waals surface area contributed by atoms with E-state index in [-0.39, 0.29) is 6.04 Å². The van der Waals surface area contributed by atoms with Crippen LogP contribution in [0.3, 0.4) is 0 Å². The lowest BCUT2D eigenvalue weighted by atomic mass is 10.1. The number of nitrogens with one attached hydrogen (secondary N) is 1. The summed E-state index contributed by atoms with van der Waals surface area (Å²) in [5.41, 5.74) is 7.83. The molecule has 0 fully saturated rings. The Hall–Kier alpha value is -2.14. The average molecular weight is 298 g/mol. The monoisotopic (exact) mass is 298 g/mol. The molecule has 0 radical (unpaired) electrons. The summed E-state index contributed by atoms with van der Waals surface area (Å²) in [6.07, 6.45) is 6.60. The van der Waals surface area contributed by atoms with Crippen LogP contribution in [0.4, 0.5) is 11.4 Å². The van der Waals surface area contributed by atoms with Crippen LogP contribution in [0.2, 0.25) is 0 Å². The zero-order valence-corrected chi connectivity index (χ0v) is 12.9. The van der Waals surface area contributed by atoms with E-state index in [2.05, 4.69) is 29.1 Å². The maximum atomic E-state index is 6.02. The Morgan fingerprint density at radius 1 is 1.24 bits per heavy atom. The Kier molecular flexibility index (Phi) is 3.75. The minimum atomic E-state index is 0.155. The number of nitrogen functional groups attached to an aromatic ring is 1. The molecule has 1 atom stereocenters. The van der Waals surface area contributed by atoms with Gasteiger partial charge in [0.2, 0.25) is 0 Å². The van der Waals surface area contributed by atoms with Crippen molar-refractivity contribution >= 4 is 33.5 Å². The highest BCUT2D eigenvalue weighted by Gasteiger charge is 2.12. The van der Waals surface area contributed by atoms with Crippen molar-refractivity contribution in [1.29, 1.82) is 0 Å². The summed E-state index contributed by atoms with van der Waals surface area (Å²) in [6, 6.07) is 6.03. The molecule has 3 rings (SSSR count). The summed E-state index contributed by atoms with van der Waals surface area (Å²) in [6.45, 7) is 4.27. The van der Waals surface area contributed by atoms with Crippen molar-refractivity contribution < 1.29 is 0 Å². The predicted molar refractivity (Wildman–Crippen MR) is 89.7 cm³/mol. The molecule has 2 heterocycles. The van der Waals surface area contributed by atoms with E-state index in [0.717, 1.165) is 33.6 Å². The minimum Gasteiger partial charge on any atom is -0.398 e. The Labute approximate surface area is 128 Å². The summed E-state index contributed by atoms with van der Waals surface area (Å²) in [7, 11) is 0. The van der Waals surface area contributed by atoms with Crippen molar-refractivity contribution in [2.24, 2.45) is 0 Å². The van der Waals surface area contributed by atoms with E-state index in [0.29, 0.717) is 0 Å². The van der Waals surface area contributed by atoms with Gasteiger partial charge in [0, 0.05) is 45.6 Å². The van der Waals surface area contributed by atoms with Crippen LogP contribution in [0.1, 0.15) is 29.8 Å². The molecule has 1 aromatic carbocycles. The molecule has 0 aliphatic heterocycles. The van der Waals surface area contributed by atoms with E-state index < -0.39 is 0 Å². The molecule has 0 aliphatic rings. The number of anilines is 2. The number of pyridine rings is 1. The zero-order valence-electron chi connectivity index (χ0n) is 12.1. The van der Waals surface area contributed by atoms with Gasteiger partial charge in [-0.1, -0.05) is 6.92 Å². The number of fused-ring (bicyclic) bond motifs is 1. The van der Waals surface area contributed by atoms with Crippen LogP contribution in [0, 0.1) is 0 Å². The number of aryl methyl sites for hydroxylation is 1. The molecule has 1 unspecified atom stereocenters. The highest BCUT2D eigenvalue weighted by atomic mass is 32.1. The van der Waals surface area contributed by atoms with Gasteiger partial charge >= 0.3 is 0 Å². The van der Waals surface area contributed by atoms with Crippen LogP contribution in [-0.2, 0) is 6.42 Å². The van der Waals surface area contributed by atoms with Gasteiger partial charge in [0.25, 0.3) is 0 Å². The van der Waals surface area contributed by atoms with Crippen LogP contribution in [0.15, 0.2) is 36.8 Å². The first-order chi connectivity index (χ1) is 10.2. The number of thiazole rings is 1. The van der Waals surface area contributed by atoms with Crippen LogP contribution >= 0.6 is 11.3 Å². The van der Waals surface area contributed by atoms with Gasteiger partial charge in [-0.2, -0.15) is 0 Å². The molecule has 0 aliphatic carbocycles. The second kappa shape index (κ2) is 5.69. The van der Waals surface area contributed by atoms with Crippen molar-refractivity contribution in [2.45, 2.75) is 26.3 Å². The number of nitrogens with zero attached hydrogens (tertiary/aromatic N) is 2. The Bertz CT molecular complexity index is 766. The summed E-state index contributed by atoms with van der Waals surface area (Å²) >= 11 is 1.75. The third-order valence-corrected chi connectivity index (χ3v) is 4.84. The number of rotatable bonds is 4. The number of benzene rings is 1. The largest absolute Gasteiger partial charge is 0.398 e. The molecule has 3 aromatic rings. The maximum absolute atomic E-state index is 6.02. The van der Waals surface area contributed by atoms with Crippen molar-refractivity contribution in [1.82, 2.24) is 9.97 Å². The highest BCUT2D eigenvalue weighted by molar-refractivity contribution is 7.11. The Morgan fingerprint density at radius 2 is 2.10 bits per heavy atom. The zero-order chi connectivity index (χ0) is 14.8. The number of hydrogen-bond donors (Lipinski definition) is 2. The molecule has 0 saturated heterocycles. The second-order valence-electron chi connectivity index (χ2n) is 5.01. The van der Waals surface area contributed by atoms with E-state index >= 15 is 0 Å². The van der Waals surface area contributed by atoms with Crippen molar-refractivity contribution in [3.8, 4) is 0 Å². The van der Waals surface area contributed by atoms with Gasteiger partial charge in [0.1, 0.15) is 5.01 Å². The van der Waals surface area contributed by atoms with Gasteiger partial charge in [-0.25, -0.2) is 4.98 Å². The minimum absolute atomic E-state index is 0.155. The highest BCUT2D eigenvalue weighted by Crippen LogP contribution is 2.31. The topological polar surface area (TPSA) is 63.8 Å². The van der Waals surface area contributed by atoms with E-state index in [9.17, 15) is 0 Å². The lowest BCUT2D eigenvalue weighted by molar-refractivity contribution is 0.871. The average Bonchev–Trinajstić information content (AvgIpc) is 2.99. The third kappa shape index (κ3) is 2.69. The van der Waals surface area contributed by atoms with Crippen LogP contribution in [0.25, 0.3) is 10.8 Å². The SMILES string of the molecule is CCc1cnc(C(C)Nc2ccc(N)c3ccncc23)s1. The second-order valence-corrected chi connectivity index (χ2v) is 6.15. The van der Waals surface area contributed by atoms with Gasteiger partial charge in [0.05, 0.1) is 6.04 Å². The third-order valence-electron chi connectivity index (χ3n) is 3.51. The first kappa shape index (κ1) is 13.8. The summed E-state index contributed by atoms with van der Waals surface area (Å²) in [5, 5.41) is 6.68. The van der Waals surface area contributed by atoms with Gasteiger partial charge in [-0.05, 0) is 31.5 Å². The van der Waals surface area contributed by atoms with Crippen LogP contribution in [0.5, 0.6) is 0 Å². The molecule has 0 spiro atoms. The standard InChI is InChI=1S/C16H18N4S/c1-3-11-8-19-16(21-11)10(2)20-15-5-4-14(17)12-6-7-18-9-13(12)15/h4-10,20H,3,17H2,1-2H3. The van der Waals surface area contributed by atoms with Gasteiger partial charge in [-0.15, -0.1) is 11.3 Å². The molecule has 4 nitrogen and oxygen atoms in total. The first-order valence-corrected chi connectivity index (χ1v) is 7.84. The molecule has 2 aromatic heterocycles. The fraction of sp³-hybridized carbons (Fsp3) is 0.250. The van der Waals surface area contributed by atoms with Crippen molar-refractivity contribution in [3.63, 3.8) is 0 Å². The molecule has 0 saturated carbocycles. The van der Waals surface area contributed by atoms with Gasteiger partial charge in [0.15, 0.2) is 0 Å². The number of aromatic nitrogens is 2. The summed E-state index contributed by atoms with van der Waals surface area (Å²) in [5.74, 6) is 0. The fourth-order valence-electron chi connectivity index (χ4n) is 2.32. The lowest BCUT2D eigenvalue weighted by Gasteiger charge is -2.15. The van der Waals surface area contributed by atoms with E-state index in [1.165, 1.54) is 4.88 Å². The molecule has 0 amide bonds. The van der Waals surface area contributed by atoms with E-state index in [4.69, 9.17) is 5.73 Å². The normalized spacial score (nSPS) is 12.5. The molecule has 0 bridgehead atoms. The molecule has 108 valence electrons. The van der Waals surface area contributed by atoms with E-state index in [1.807, 2.05) is 30.6 Å². The van der Waals surface area contributed by atoms with Crippen molar-refractivity contribution in [3.05, 3.63) is 46.7 Å². The molecule has 5 heteroatoms. The quantitative estimate of drug-likeness (QED) is 0.714. The lowest BCUT2D eigenvalue weighted by Crippen LogP contribution is -2.06. The van der Waals surface area contributed by atoms with Gasteiger partial charge in [-0.3, -0.25) is 4.98 Å². The maximum Gasteiger partial charge on any atom is 0.115 e. The molecular formula is C16H18N4S. The van der Waals surface area contributed by atoms with Gasteiger partial charge < -0.3 is 11.1 Å². The fourth-order valence-corrected chi connectivity index (χ4v) is 3.18.